The second-order valence-electron chi connectivity index (χ2n) is 3.89. The Balaban J connectivity index is 2.18. The lowest BCUT2D eigenvalue weighted by Crippen LogP contribution is -2.31. The van der Waals surface area contributed by atoms with Crippen LogP contribution in [0.15, 0.2) is 22.7 Å². The van der Waals surface area contributed by atoms with Gasteiger partial charge in [-0.1, -0.05) is 34.5 Å². The highest BCUT2D eigenvalue weighted by Gasteiger charge is 2.21. The molecule has 2 rings (SSSR count). The highest BCUT2D eigenvalue weighted by Crippen LogP contribution is 2.36. The van der Waals surface area contributed by atoms with E-state index in [0.29, 0.717) is 5.37 Å². The Hall–Kier alpha value is 0.300. The molecule has 0 saturated carbocycles. The van der Waals surface area contributed by atoms with Crippen molar-refractivity contribution in [2.75, 3.05) is 12.3 Å². The first-order valence-electron chi connectivity index (χ1n) is 4.97. The quantitative estimate of drug-likeness (QED) is 0.839. The summed E-state index contributed by atoms with van der Waals surface area (Å²) in [7, 11) is 0. The fraction of sp³-hybridized carbons (Fsp3) is 0.455. The van der Waals surface area contributed by atoms with E-state index in [1.54, 1.807) is 0 Å². The Bertz CT molecular complexity index is 350. The van der Waals surface area contributed by atoms with Gasteiger partial charge < -0.3 is 5.32 Å². The van der Waals surface area contributed by atoms with Gasteiger partial charge >= 0.3 is 0 Å². The van der Waals surface area contributed by atoms with Gasteiger partial charge in [0, 0.05) is 9.50 Å². The van der Waals surface area contributed by atoms with E-state index in [1.807, 2.05) is 30.0 Å². The maximum atomic E-state index is 6.01. The van der Waals surface area contributed by atoms with E-state index in [2.05, 4.69) is 28.2 Å². The average molecular weight is 307 g/mol. The van der Waals surface area contributed by atoms with Crippen molar-refractivity contribution in [1.29, 1.82) is 0 Å². The molecule has 15 heavy (non-hydrogen) atoms. The van der Waals surface area contributed by atoms with E-state index >= 15 is 0 Å². The van der Waals surface area contributed by atoms with Gasteiger partial charge in [0.25, 0.3) is 0 Å². The van der Waals surface area contributed by atoms with Crippen LogP contribution >= 0.6 is 39.3 Å². The number of nitrogens with one attached hydrogen (secondary N) is 1. The third-order valence-corrected chi connectivity index (χ3v) is 4.91. The van der Waals surface area contributed by atoms with Crippen LogP contribution in [-0.2, 0) is 0 Å². The van der Waals surface area contributed by atoms with Crippen molar-refractivity contribution in [3.8, 4) is 0 Å². The summed E-state index contributed by atoms with van der Waals surface area (Å²) in [5, 5.41) is 4.70. The Labute approximate surface area is 108 Å². The molecule has 1 saturated heterocycles. The van der Waals surface area contributed by atoms with Gasteiger partial charge in [0.2, 0.25) is 0 Å². The first kappa shape index (κ1) is 11.8. The maximum absolute atomic E-state index is 6.01. The minimum absolute atomic E-state index is 0.370. The zero-order valence-corrected chi connectivity index (χ0v) is 11.6. The van der Waals surface area contributed by atoms with Gasteiger partial charge in [0.1, 0.15) is 0 Å². The van der Waals surface area contributed by atoms with Crippen molar-refractivity contribution in [1.82, 2.24) is 5.32 Å². The van der Waals surface area contributed by atoms with Crippen molar-refractivity contribution in [2.24, 2.45) is 5.92 Å². The lowest BCUT2D eigenvalue weighted by molar-refractivity contribution is 0.529. The second kappa shape index (κ2) is 5.09. The van der Waals surface area contributed by atoms with E-state index in [1.165, 1.54) is 11.3 Å². The Morgan fingerprint density at radius 2 is 2.33 bits per heavy atom. The molecule has 1 aliphatic heterocycles. The molecule has 1 fully saturated rings. The van der Waals surface area contributed by atoms with E-state index < -0.39 is 0 Å². The standard InChI is InChI=1S/C11H13BrClNS/c1-7-5-14-11(15-6-7)9-4-8(13)2-3-10(9)12/h2-4,7,11,14H,5-6H2,1H3. The molecule has 2 atom stereocenters. The third kappa shape index (κ3) is 2.90. The van der Waals surface area contributed by atoms with Crippen molar-refractivity contribution >= 4 is 39.3 Å². The zero-order valence-electron chi connectivity index (χ0n) is 8.47. The number of hydrogen-bond donors (Lipinski definition) is 1. The SMILES string of the molecule is CC1CNC(c2cc(Cl)ccc2Br)SC1. The summed E-state index contributed by atoms with van der Waals surface area (Å²) in [6.45, 7) is 3.35. The van der Waals surface area contributed by atoms with Crippen molar-refractivity contribution < 1.29 is 0 Å². The van der Waals surface area contributed by atoms with E-state index in [9.17, 15) is 0 Å². The summed E-state index contributed by atoms with van der Waals surface area (Å²) in [6.07, 6.45) is 0. The molecule has 1 aromatic rings. The number of thioether (sulfide) groups is 1. The molecule has 4 heteroatoms. The van der Waals surface area contributed by atoms with Gasteiger partial charge in [0.05, 0.1) is 5.37 Å². The normalized spacial score (nSPS) is 26.6. The molecule has 0 aliphatic carbocycles. The van der Waals surface area contributed by atoms with Gasteiger partial charge in [0.15, 0.2) is 0 Å². The van der Waals surface area contributed by atoms with Gasteiger partial charge in [-0.15, -0.1) is 11.8 Å². The van der Waals surface area contributed by atoms with Crippen LogP contribution in [0, 0.1) is 5.92 Å². The van der Waals surface area contributed by atoms with Gasteiger partial charge in [-0.05, 0) is 42.0 Å². The monoisotopic (exact) mass is 305 g/mol. The Kier molecular flexibility index (Phi) is 3.99. The largest absolute Gasteiger partial charge is 0.301 e. The summed E-state index contributed by atoms with van der Waals surface area (Å²) in [6, 6.07) is 5.95. The molecule has 0 bridgehead atoms. The fourth-order valence-electron chi connectivity index (χ4n) is 1.60. The van der Waals surface area contributed by atoms with E-state index in [4.69, 9.17) is 11.6 Å². The van der Waals surface area contributed by atoms with Crippen LogP contribution < -0.4 is 5.32 Å². The molecule has 0 aromatic heterocycles. The minimum Gasteiger partial charge on any atom is -0.301 e. The van der Waals surface area contributed by atoms with Crippen LogP contribution in [0.2, 0.25) is 5.02 Å². The van der Waals surface area contributed by atoms with Crippen LogP contribution in [0.25, 0.3) is 0 Å². The lowest BCUT2D eigenvalue weighted by Gasteiger charge is -2.28. The smallest absolute Gasteiger partial charge is 0.0801 e. The first-order chi connectivity index (χ1) is 7.16. The van der Waals surface area contributed by atoms with Crippen LogP contribution in [0.4, 0.5) is 0 Å². The molecule has 1 aromatic carbocycles. The number of halogens is 2. The van der Waals surface area contributed by atoms with Crippen molar-refractivity contribution in [3.63, 3.8) is 0 Å². The number of benzene rings is 1. The molecule has 82 valence electrons. The average Bonchev–Trinajstić information content (AvgIpc) is 2.23. The first-order valence-corrected chi connectivity index (χ1v) is 7.18. The van der Waals surface area contributed by atoms with Crippen molar-refractivity contribution in [3.05, 3.63) is 33.3 Å². The van der Waals surface area contributed by atoms with Gasteiger partial charge in [-0.25, -0.2) is 0 Å². The van der Waals surface area contributed by atoms with E-state index in [0.717, 1.165) is 22.0 Å². The highest BCUT2D eigenvalue weighted by atomic mass is 79.9. The molecule has 0 spiro atoms. The number of rotatable bonds is 1. The van der Waals surface area contributed by atoms with Crippen molar-refractivity contribution in [2.45, 2.75) is 12.3 Å². The molecule has 1 nitrogen and oxygen atoms in total. The predicted octanol–water partition coefficient (Wildman–Crippen LogP) is 4.07. The van der Waals surface area contributed by atoms with Crippen LogP contribution in [0.1, 0.15) is 17.9 Å². The molecular formula is C11H13BrClNS. The molecule has 2 unspecified atom stereocenters. The lowest BCUT2D eigenvalue weighted by atomic mass is 10.2. The third-order valence-electron chi connectivity index (χ3n) is 2.44. The molecule has 1 aliphatic rings. The summed E-state index contributed by atoms with van der Waals surface area (Å²) >= 11 is 11.5. The predicted molar refractivity (Wildman–Crippen MR) is 71.5 cm³/mol. The Morgan fingerprint density at radius 3 is 3.00 bits per heavy atom. The molecule has 1 N–H and O–H groups in total. The van der Waals surface area contributed by atoms with Gasteiger partial charge in [-0.2, -0.15) is 0 Å². The summed E-state index contributed by atoms with van der Waals surface area (Å²) in [5.41, 5.74) is 1.25. The molecule has 1 heterocycles. The zero-order chi connectivity index (χ0) is 10.8. The molecule has 0 amide bonds. The Morgan fingerprint density at radius 1 is 1.53 bits per heavy atom. The maximum Gasteiger partial charge on any atom is 0.0801 e. The van der Waals surface area contributed by atoms with Crippen LogP contribution in [-0.4, -0.2) is 12.3 Å². The van der Waals surface area contributed by atoms with Crippen LogP contribution in [0.5, 0.6) is 0 Å². The van der Waals surface area contributed by atoms with Gasteiger partial charge in [-0.3, -0.25) is 0 Å². The summed E-state index contributed by atoms with van der Waals surface area (Å²) in [4.78, 5) is 0. The van der Waals surface area contributed by atoms with Crippen LogP contribution in [0.3, 0.4) is 0 Å². The summed E-state index contributed by atoms with van der Waals surface area (Å²) in [5.74, 6) is 1.96. The highest BCUT2D eigenvalue weighted by molar-refractivity contribution is 9.10. The fourth-order valence-corrected chi connectivity index (χ4v) is 3.64. The minimum atomic E-state index is 0.370. The topological polar surface area (TPSA) is 12.0 Å². The summed E-state index contributed by atoms with van der Waals surface area (Å²) < 4.78 is 1.13. The van der Waals surface area contributed by atoms with E-state index in [-0.39, 0.29) is 0 Å². The number of hydrogen-bond acceptors (Lipinski definition) is 2. The molecule has 0 radical (unpaired) electrons. The second-order valence-corrected chi connectivity index (χ2v) is 6.32. The molecular weight excluding hydrogens is 294 g/mol.